The number of hydrogen-bond donors (Lipinski definition) is 0. The highest BCUT2D eigenvalue weighted by Crippen LogP contribution is 2.27. The normalized spacial score (nSPS) is 15.7. The number of aromatic nitrogens is 4. The van der Waals surface area contributed by atoms with Crippen molar-refractivity contribution in [1.29, 1.82) is 0 Å². The van der Waals surface area contributed by atoms with E-state index in [0.29, 0.717) is 11.6 Å². The van der Waals surface area contributed by atoms with E-state index in [2.05, 4.69) is 10.1 Å². The van der Waals surface area contributed by atoms with Gasteiger partial charge in [0.25, 0.3) is 5.91 Å². The summed E-state index contributed by atoms with van der Waals surface area (Å²) in [6, 6.07) is 7.83. The highest BCUT2D eigenvalue weighted by Gasteiger charge is 2.26. The van der Waals surface area contributed by atoms with E-state index >= 15 is 0 Å². The maximum absolute atomic E-state index is 12.7. The zero-order valence-electron chi connectivity index (χ0n) is 14.5. The van der Waals surface area contributed by atoms with E-state index in [9.17, 15) is 4.79 Å². The average Bonchev–Trinajstić information content (AvgIpc) is 3.01. The molecule has 128 valence electrons. The number of pyridine rings is 1. The summed E-state index contributed by atoms with van der Waals surface area (Å²) in [6.07, 6.45) is 5.50. The number of fused-ring (bicyclic) bond motifs is 1. The Morgan fingerprint density at radius 1 is 1.20 bits per heavy atom. The molecule has 1 saturated heterocycles. The molecule has 0 saturated carbocycles. The van der Waals surface area contributed by atoms with Gasteiger partial charge in [-0.2, -0.15) is 5.10 Å². The number of aryl methyl sites for hydroxylation is 2. The van der Waals surface area contributed by atoms with Gasteiger partial charge in [-0.1, -0.05) is 6.07 Å². The topological polar surface area (TPSA) is 63.4 Å². The molecule has 0 radical (unpaired) electrons. The molecule has 1 aliphatic heterocycles. The molecule has 0 aromatic carbocycles. The summed E-state index contributed by atoms with van der Waals surface area (Å²) in [4.78, 5) is 23.6. The molecule has 0 atom stereocenters. The van der Waals surface area contributed by atoms with Crippen LogP contribution in [0, 0.1) is 13.8 Å². The molecule has 0 N–H and O–H groups in total. The number of hydrogen-bond acceptors (Lipinski definition) is 4. The molecule has 4 heterocycles. The van der Waals surface area contributed by atoms with Crippen molar-refractivity contribution in [1.82, 2.24) is 24.5 Å². The maximum atomic E-state index is 12.7. The van der Waals surface area contributed by atoms with Gasteiger partial charge in [0, 0.05) is 43.2 Å². The van der Waals surface area contributed by atoms with Crippen LogP contribution in [0.2, 0.25) is 0 Å². The van der Waals surface area contributed by atoms with Crippen LogP contribution in [0.15, 0.2) is 36.7 Å². The van der Waals surface area contributed by atoms with Crippen LogP contribution in [0.4, 0.5) is 0 Å². The van der Waals surface area contributed by atoms with Crippen molar-refractivity contribution in [3.63, 3.8) is 0 Å². The standard InChI is InChI=1S/C19H21N5O/c1-13-4-3-8-20-18(13)19(25)23-9-5-15(6-10-23)16-7-11-24-17(21-16)12-14(2)22-24/h3-4,7-8,11-12,15H,5-6,9-10H2,1-2H3. The van der Waals surface area contributed by atoms with Gasteiger partial charge in [0.05, 0.1) is 5.69 Å². The van der Waals surface area contributed by atoms with Crippen LogP contribution < -0.4 is 0 Å². The van der Waals surface area contributed by atoms with Crippen molar-refractivity contribution in [2.24, 2.45) is 0 Å². The van der Waals surface area contributed by atoms with E-state index < -0.39 is 0 Å². The molecular formula is C19H21N5O. The number of rotatable bonds is 2. The van der Waals surface area contributed by atoms with E-state index in [4.69, 9.17) is 4.98 Å². The molecule has 25 heavy (non-hydrogen) atoms. The lowest BCUT2D eigenvalue weighted by atomic mass is 9.93. The lowest BCUT2D eigenvalue weighted by molar-refractivity contribution is 0.0705. The Balaban J connectivity index is 1.47. The molecule has 3 aromatic rings. The van der Waals surface area contributed by atoms with Crippen LogP contribution >= 0.6 is 0 Å². The zero-order valence-corrected chi connectivity index (χ0v) is 14.5. The lowest BCUT2D eigenvalue weighted by Crippen LogP contribution is -2.38. The van der Waals surface area contributed by atoms with Crippen molar-refractivity contribution in [3.8, 4) is 0 Å². The molecule has 0 aliphatic carbocycles. The first-order valence-corrected chi connectivity index (χ1v) is 8.65. The minimum atomic E-state index is 0.0337. The zero-order chi connectivity index (χ0) is 17.4. The molecular weight excluding hydrogens is 314 g/mol. The van der Waals surface area contributed by atoms with Gasteiger partial charge in [0.15, 0.2) is 5.65 Å². The second kappa shape index (κ2) is 6.27. The van der Waals surface area contributed by atoms with Gasteiger partial charge in [-0.25, -0.2) is 9.50 Å². The second-order valence-corrected chi connectivity index (χ2v) is 6.68. The Kier molecular flexibility index (Phi) is 3.95. The third-order valence-electron chi connectivity index (χ3n) is 4.88. The summed E-state index contributed by atoms with van der Waals surface area (Å²) in [7, 11) is 0. The third-order valence-corrected chi connectivity index (χ3v) is 4.88. The van der Waals surface area contributed by atoms with Gasteiger partial charge in [-0.3, -0.25) is 9.78 Å². The van der Waals surface area contributed by atoms with E-state index in [1.807, 2.05) is 49.2 Å². The number of nitrogens with zero attached hydrogens (tertiary/aromatic N) is 5. The van der Waals surface area contributed by atoms with Gasteiger partial charge in [0.1, 0.15) is 5.69 Å². The van der Waals surface area contributed by atoms with E-state index in [-0.39, 0.29) is 5.91 Å². The summed E-state index contributed by atoms with van der Waals surface area (Å²) in [5, 5.41) is 4.37. The fraction of sp³-hybridized carbons (Fsp3) is 0.368. The summed E-state index contributed by atoms with van der Waals surface area (Å²) < 4.78 is 1.81. The minimum absolute atomic E-state index is 0.0337. The number of amides is 1. The lowest BCUT2D eigenvalue weighted by Gasteiger charge is -2.31. The third kappa shape index (κ3) is 2.99. The fourth-order valence-electron chi connectivity index (χ4n) is 3.48. The van der Waals surface area contributed by atoms with Crippen molar-refractivity contribution in [3.05, 3.63) is 59.3 Å². The Hall–Kier alpha value is -2.76. The quantitative estimate of drug-likeness (QED) is 0.722. The number of piperidine rings is 1. The molecule has 3 aromatic heterocycles. The number of carbonyl (C=O) groups excluding carboxylic acids is 1. The van der Waals surface area contributed by atoms with Gasteiger partial charge in [-0.15, -0.1) is 0 Å². The van der Waals surface area contributed by atoms with Gasteiger partial charge < -0.3 is 4.90 Å². The minimum Gasteiger partial charge on any atom is -0.337 e. The summed E-state index contributed by atoms with van der Waals surface area (Å²) in [5.41, 5.74) is 4.44. The molecule has 0 spiro atoms. The van der Waals surface area contributed by atoms with Crippen LogP contribution in [0.25, 0.3) is 5.65 Å². The number of likely N-dealkylation sites (tertiary alicyclic amines) is 1. The molecule has 1 amide bonds. The first kappa shape index (κ1) is 15.7. The highest BCUT2D eigenvalue weighted by atomic mass is 16.2. The summed E-state index contributed by atoms with van der Waals surface area (Å²) >= 11 is 0. The number of carbonyl (C=O) groups is 1. The molecule has 6 heteroatoms. The van der Waals surface area contributed by atoms with Gasteiger partial charge >= 0.3 is 0 Å². The SMILES string of the molecule is Cc1cc2nc(C3CCN(C(=O)c4ncccc4C)CC3)ccn2n1. The van der Waals surface area contributed by atoms with Crippen LogP contribution in [-0.2, 0) is 0 Å². The average molecular weight is 335 g/mol. The first-order chi connectivity index (χ1) is 12.1. The smallest absolute Gasteiger partial charge is 0.272 e. The van der Waals surface area contributed by atoms with Crippen molar-refractivity contribution < 1.29 is 4.79 Å². The van der Waals surface area contributed by atoms with Crippen molar-refractivity contribution in [2.45, 2.75) is 32.6 Å². The molecule has 1 aliphatic rings. The summed E-state index contributed by atoms with van der Waals surface area (Å²) in [6.45, 7) is 5.38. The first-order valence-electron chi connectivity index (χ1n) is 8.65. The maximum Gasteiger partial charge on any atom is 0.272 e. The molecule has 4 rings (SSSR count). The van der Waals surface area contributed by atoms with Gasteiger partial charge in [-0.05, 0) is 44.4 Å². The fourth-order valence-corrected chi connectivity index (χ4v) is 3.48. The Labute approximate surface area is 146 Å². The van der Waals surface area contributed by atoms with Crippen LogP contribution in [0.3, 0.4) is 0 Å². The Bertz CT molecular complexity index is 924. The summed E-state index contributed by atoms with van der Waals surface area (Å²) in [5.74, 6) is 0.417. The van der Waals surface area contributed by atoms with E-state index in [0.717, 1.165) is 48.5 Å². The Morgan fingerprint density at radius 2 is 2.00 bits per heavy atom. The van der Waals surface area contributed by atoms with E-state index in [1.54, 1.807) is 10.7 Å². The molecule has 1 fully saturated rings. The van der Waals surface area contributed by atoms with Crippen molar-refractivity contribution in [2.75, 3.05) is 13.1 Å². The highest BCUT2D eigenvalue weighted by molar-refractivity contribution is 5.93. The predicted molar refractivity (Wildman–Crippen MR) is 94.6 cm³/mol. The Morgan fingerprint density at radius 3 is 2.76 bits per heavy atom. The molecule has 0 bridgehead atoms. The molecule has 6 nitrogen and oxygen atoms in total. The predicted octanol–water partition coefficient (Wildman–Crippen LogP) is 2.76. The van der Waals surface area contributed by atoms with Crippen LogP contribution in [0.5, 0.6) is 0 Å². The van der Waals surface area contributed by atoms with Crippen molar-refractivity contribution >= 4 is 11.6 Å². The van der Waals surface area contributed by atoms with Crippen LogP contribution in [-0.4, -0.2) is 43.5 Å². The largest absolute Gasteiger partial charge is 0.337 e. The van der Waals surface area contributed by atoms with E-state index in [1.165, 1.54) is 0 Å². The molecule has 0 unspecified atom stereocenters. The van der Waals surface area contributed by atoms with Crippen LogP contribution in [0.1, 0.15) is 46.2 Å². The second-order valence-electron chi connectivity index (χ2n) is 6.68. The van der Waals surface area contributed by atoms with Gasteiger partial charge in [0.2, 0.25) is 0 Å². The monoisotopic (exact) mass is 335 g/mol.